The summed E-state index contributed by atoms with van der Waals surface area (Å²) in [7, 11) is 1.45. The van der Waals surface area contributed by atoms with Crippen molar-refractivity contribution in [2.24, 2.45) is 52.3 Å². The van der Waals surface area contributed by atoms with Gasteiger partial charge in [0, 0.05) is 6.42 Å². The van der Waals surface area contributed by atoms with Crippen molar-refractivity contribution in [3.63, 3.8) is 0 Å². The van der Waals surface area contributed by atoms with Crippen LogP contribution in [0.4, 0.5) is 4.39 Å². The van der Waals surface area contributed by atoms with E-state index < -0.39 is 12.3 Å². The normalized spacial score (nSPS) is 51.3. The SMILES string of the molecule is CC[C@H]1[C@@H](O)C2C3CC[C@H]([C@H](C)CCC(=O)OC)[C@@]3(C)CCC2[C@@]2(C)C[C@H](F)[C@H](O)C[C@@H]12. The Hall–Kier alpha value is -0.680. The maximum absolute atomic E-state index is 14.8. The summed E-state index contributed by atoms with van der Waals surface area (Å²) < 4.78 is 19.7. The number of carbonyl (C=O) groups excluding carboxylic acids is 1. The van der Waals surface area contributed by atoms with Crippen molar-refractivity contribution in [3.8, 4) is 0 Å². The quantitative estimate of drug-likeness (QED) is 0.566. The van der Waals surface area contributed by atoms with Gasteiger partial charge in [0.05, 0.1) is 19.3 Å². The Morgan fingerprint density at radius 1 is 1.12 bits per heavy atom. The van der Waals surface area contributed by atoms with Crippen LogP contribution in [0.1, 0.15) is 85.5 Å². The topological polar surface area (TPSA) is 66.8 Å². The Morgan fingerprint density at radius 3 is 2.47 bits per heavy atom. The number of hydrogen-bond donors (Lipinski definition) is 2. The highest BCUT2D eigenvalue weighted by atomic mass is 19.1. The predicted molar refractivity (Wildman–Crippen MR) is 122 cm³/mol. The Morgan fingerprint density at radius 2 is 1.81 bits per heavy atom. The molecule has 0 aliphatic heterocycles. The van der Waals surface area contributed by atoms with Crippen molar-refractivity contribution in [2.45, 2.75) is 104 Å². The highest BCUT2D eigenvalue weighted by Crippen LogP contribution is 2.69. The molecule has 0 amide bonds. The summed E-state index contributed by atoms with van der Waals surface area (Å²) in [5.74, 6) is 2.22. The number of halogens is 1. The molecule has 0 aromatic heterocycles. The third-order valence-corrected chi connectivity index (χ3v) is 11.2. The van der Waals surface area contributed by atoms with Crippen molar-refractivity contribution in [2.75, 3.05) is 7.11 Å². The maximum atomic E-state index is 14.8. The zero-order valence-electron chi connectivity index (χ0n) is 20.7. The molecule has 0 aromatic rings. The molecule has 0 saturated heterocycles. The predicted octanol–water partition coefficient (Wildman–Crippen LogP) is 5.15. The van der Waals surface area contributed by atoms with Crippen LogP contribution in [0.3, 0.4) is 0 Å². The smallest absolute Gasteiger partial charge is 0.305 e. The van der Waals surface area contributed by atoms with E-state index in [-0.39, 0.29) is 40.7 Å². The van der Waals surface area contributed by atoms with Gasteiger partial charge in [-0.2, -0.15) is 0 Å². The van der Waals surface area contributed by atoms with E-state index in [0.717, 1.165) is 38.5 Å². The summed E-state index contributed by atoms with van der Waals surface area (Å²) in [5, 5.41) is 22.1. The Balaban J connectivity index is 1.60. The molecule has 4 saturated carbocycles. The standard InChI is InChI=1S/C27H45FO4/c1-6-16-20-13-22(29)21(28)14-27(20,4)19-11-12-26(3)17(15(2)7-10-23(30)32-5)8-9-18(26)24(19)25(16)31/h15-22,24-25,29,31H,6-14H2,1-5H3/t15-,16-,17-,18?,19?,20+,21+,22-,24?,25-,26-,27-/m1/s1. The van der Waals surface area contributed by atoms with Crippen LogP contribution in [-0.2, 0) is 9.53 Å². The Bertz CT molecular complexity index is 699. The van der Waals surface area contributed by atoms with E-state index in [2.05, 4.69) is 27.7 Å². The lowest BCUT2D eigenvalue weighted by molar-refractivity contribution is -0.213. The van der Waals surface area contributed by atoms with Gasteiger partial charge in [0.15, 0.2) is 0 Å². The van der Waals surface area contributed by atoms with Gasteiger partial charge < -0.3 is 14.9 Å². The van der Waals surface area contributed by atoms with E-state index >= 15 is 0 Å². The maximum Gasteiger partial charge on any atom is 0.305 e. The van der Waals surface area contributed by atoms with E-state index in [1.165, 1.54) is 7.11 Å². The zero-order chi connectivity index (χ0) is 23.4. The van der Waals surface area contributed by atoms with Gasteiger partial charge in [0.1, 0.15) is 6.17 Å². The van der Waals surface area contributed by atoms with E-state index in [0.29, 0.717) is 42.9 Å². The molecule has 4 aliphatic rings. The number of carbonyl (C=O) groups is 1. The molecule has 4 rings (SSSR count). The van der Waals surface area contributed by atoms with Gasteiger partial charge in [0.25, 0.3) is 0 Å². The fraction of sp³-hybridized carbons (Fsp3) is 0.963. The summed E-state index contributed by atoms with van der Waals surface area (Å²) in [6.07, 6.45) is 5.20. The summed E-state index contributed by atoms with van der Waals surface area (Å²) in [4.78, 5) is 11.7. The molecule has 4 nitrogen and oxygen atoms in total. The number of methoxy groups -OCH3 is 1. The van der Waals surface area contributed by atoms with Crippen molar-refractivity contribution < 1.29 is 24.1 Å². The van der Waals surface area contributed by atoms with Crippen LogP contribution in [-0.4, -0.2) is 41.7 Å². The summed E-state index contributed by atoms with van der Waals surface area (Å²) in [6, 6.07) is 0. The molecule has 0 bridgehead atoms. The first kappa shape index (κ1) is 24.4. The number of esters is 1. The first-order valence-electron chi connectivity index (χ1n) is 13.2. The minimum absolute atomic E-state index is 0.132. The minimum Gasteiger partial charge on any atom is -0.469 e. The van der Waals surface area contributed by atoms with Gasteiger partial charge in [0.2, 0.25) is 0 Å². The van der Waals surface area contributed by atoms with Gasteiger partial charge in [-0.15, -0.1) is 0 Å². The first-order chi connectivity index (χ1) is 15.1. The lowest BCUT2D eigenvalue weighted by Gasteiger charge is -2.65. The highest BCUT2D eigenvalue weighted by Gasteiger charge is 2.65. The molecule has 12 atom stereocenters. The second-order valence-electron chi connectivity index (χ2n) is 12.3. The molecule has 0 spiro atoms. The summed E-state index contributed by atoms with van der Waals surface area (Å²) >= 11 is 0. The van der Waals surface area contributed by atoms with Crippen LogP contribution < -0.4 is 0 Å². The monoisotopic (exact) mass is 452 g/mol. The molecular weight excluding hydrogens is 407 g/mol. The van der Waals surface area contributed by atoms with E-state index in [1.807, 2.05) is 0 Å². The largest absolute Gasteiger partial charge is 0.469 e. The van der Waals surface area contributed by atoms with Gasteiger partial charge in [-0.05, 0) is 97.2 Å². The summed E-state index contributed by atoms with van der Waals surface area (Å²) in [5.41, 5.74) is 0.0294. The first-order valence-corrected chi connectivity index (χ1v) is 13.2. The second-order valence-corrected chi connectivity index (χ2v) is 12.3. The van der Waals surface area contributed by atoms with Crippen LogP contribution in [0.15, 0.2) is 0 Å². The zero-order valence-corrected chi connectivity index (χ0v) is 20.7. The molecule has 0 aromatic carbocycles. The molecule has 0 radical (unpaired) electrons. The lowest BCUT2D eigenvalue weighted by atomic mass is 9.41. The minimum atomic E-state index is -1.15. The number of ether oxygens (including phenoxy) is 1. The van der Waals surface area contributed by atoms with Gasteiger partial charge in [-0.3, -0.25) is 4.79 Å². The summed E-state index contributed by atoms with van der Waals surface area (Å²) in [6.45, 7) is 9.14. The van der Waals surface area contributed by atoms with E-state index in [1.54, 1.807) is 0 Å². The molecule has 4 fully saturated rings. The number of aliphatic hydroxyl groups excluding tert-OH is 2. The van der Waals surface area contributed by atoms with Gasteiger partial charge >= 0.3 is 5.97 Å². The van der Waals surface area contributed by atoms with Crippen molar-refractivity contribution in [1.82, 2.24) is 0 Å². The molecular formula is C27H45FO4. The number of alkyl halides is 1. The Labute approximate surface area is 193 Å². The lowest BCUT2D eigenvalue weighted by Crippen LogP contribution is -2.63. The number of hydrogen-bond acceptors (Lipinski definition) is 4. The fourth-order valence-electron chi connectivity index (χ4n) is 9.59. The van der Waals surface area contributed by atoms with Crippen LogP contribution in [0.5, 0.6) is 0 Å². The Kier molecular flexibility index (Phi) is 6.75. The molecule has 184 valence electrons. The fourth-order valence-corrected chi connectivity index (χ4v) is 9.59. The van der Waals surface area contributed by atoms with Crippen LogP contribution >= 0.6 is 0 Å². The number of aliphatic hydroxyl groups is 2. The molecule has 2 N–H and O–H groups in total. The van der Waals surface area contributed by atoms with Crippen LogP contribution in [0.25, 0.3) is 0 Å². The number of rotatable bonds is 5. The average molecular weight is 453 g/mol. The highest BCUT2D eigenvalue weighted by molar-refractivity contribution is 5.69. The molecule has 32 heavy (non-hydrogen) atoms. The molecule has 4 aliphatic carbocycles. The van der Waals surface area contributed by atoms with Gasteiger partial charge in [-0.1, -0.05) is 34.1 Å². The van der Waals surface area contributed by atoms with Gasteiger partial charge in [-0.25, -0.2) is 4.39 Å². The second kappa shape index (κ2) is 8.83. The van der Waals surface area contributed by atoms with Crippen LogP contribution in [0, 0.1) is 52.3 Å². The van der Waals surface area contributed by atoms with Crippen molar-refractivity contribution in [1.29, 1.82) is 0 Å². The average Bonchev–Trinajstić information content (AvgIpc) is 3.11. The van der Waals surface area contributed by atoms with E-state index in [4.69, 9.17) is 4.74 Å². The molecule has 5 heteroatoms. The van der Waals surface area contributed by atoms with E-state index in [9.17, 15) is 19.4 Å². The third-order valence-electron chi connectivity index (χ3n) is 11.2. The van der Waals surface area contributed by atoms with Crippen molar-refractivity contribution >= 4 is 5.97 Å². The number of fused-ring (bicyclic) bond motifs is 5. The third kappa shape index (κ3) is 3.65. The van der Waals surface area contributed by atoms with Crippen LogP contribution in [0.2, 0.25) is 0 Å². The molecule has 3 unspecified atom stereocenters. The molecule has 0 heterocycles. The van der Waals surface area contributed by atoms with Crippen molar-refractivity contribution in [3.05, 3.63) is 0 Å².